The fraction of sp³-hybridized carbons (Fsp3) is 0.370. The van der Waals surface area contributed by atoms with E-state index in [1.54, 1.807) is 0 Å². The van der Waals surface area contributed by atoms with E-state index in [9.17, 15) is 9.59 Å². The van der Waals surface area contributed by atoms with E-state index < -0.39 is 12.0 Å². The van der Waals surface area contributed by atoms with Crippen LogP contribution in [-0.2, 0) is 25.5 Å². The smallest absolute Gasteiger partial charge is 0.235 e. The van der Waals surface area contributed by atoms with Crippen LogP contribution in [0.4, 0.5) is 5.69 Å². The van der Waals surface area contributed by atoms with Gasteiger partial charge in [0.05, 0.1) is 17.5 Å². The molecule has 4 N–H and O–H groups in total. The Balaban J connectivity index is 1.36. The molecule has 2 aromatic rings. The Morgan fingerprint density at radius 1 is 1.03 bits per heavy atom. The number of hydrogen-bond acceptors (Lipinski definition) is 6. The summed E-state index contributed by atoms with van der Waals surface area (Å²) in [7, 11) is 0. The van der Waals surface area contributed by atoms with Crippen molar-refractivity contribution in [3.63, 3.8) is 0 Å². The molecule has 0 saturated carbocycles. The number of guanidine groups is 1. The van der Waals surface area contributed by atoms with Crippen LogP contribution in [0.3, 0.4) is 0 Å². The minimum atomic E-state index is -0.541. The van der Waals surface area contributed by atoms with E-state index in [4.69, 9.17) is 20.9 Å². The number of likely N-dealkylation sites (tertiary alicyclic amines) is 1. The van der Waals surface area contributed by atoms with Crippen LogP contribution in [0.1, 0.15) is 30.0 Å². The predicted octanol–water partition coefficient (Wildman–Crippen LogP) is 2.17. The largest absolute Gasteiger partial charge is 0.462 e. The first-order chi connectivity index (χ1) is 17.5. The highest BCUT2D eigenvalue weighted by Crippen LogP contribution is 2.54. The summed E-state index contributed by atoms with van der Waals surface area (Å²) in [5, 5.41) is 0. The standard InChI is InChI=1S/C27H29N5O4/c28-27(29)30-18-10-8-17(9-11-18)24-23-22(19-7-4-12-31(19)24)25(33)32(26(23)34)20(21-14-35-15-36-21)13-16-5-2-1-3-6-16/h1-3,5-6,8-11,14,19-20,22-24H,4,7,12-13,15H2,(H4,28,29,30). The lowest BCUT2D eigenvalue weighted by Gasteiger charge is -2.32. The molecule has 4 aliphatic rings. The molecule has 0 radical (unpaired) electrons. The van der Waals surface area contributed by atoms with E-state index in [1.807, 2.05) is 54.6 Å². The molecule has 9 nitrogen and oxygen atoms in total. The number of benzene rings is 2. The molecule has 3 saturated heterocycles. The number of carbonyl (C=O) groups is 2. The van der Waals surface area contributed by atoms with Gasteiger partial charge in [-0.1, -0.05) is 42.5 Å². The second-order valence-electron chi connectivity index (χ2n) is 9.77. The molecule has 5 atom stereocenters. The third kappa shape index (κ3) is 3.71. The van der Waals surface area contributed by atoms with E-state index in [0.29, 0.717) is 17.9 Å². The van der Waals surface area contributed by atoms with Crippen molar-refractivity contribution in [2.45, 2.75) is 37.4 Å². The van der Waals surface area contributed by atoms with Gasteiger partial charge in [0.2, 0.25) is 18.6 Å². The normalized spacial score (nSPS) is 27.8. The van der Waals surface area contributed by atoms with Crippen LogP contribution in [-0.4, -0.2) is 53.0 Å². The molecule has 2 aromatic carbocycles. The van der Waals surface area contributed by atoms with Gasteiger partial charge in [0.1, 0.15) is 12.3 Å². The molecule has 0 spiro atoms. The number of rotatable bonds is 6. The minimum Gasteiger partial charge on any atom is -0.462 e. The number of fused-ring (bicyclic) bond motifs is 3. The first kappa shape index (κ1) is 22.6. The first-order valence-corrected chi connectivity index (χ1v) is 12.3. The summed E-state index contributed by atoms with van der Waals surface area (Å²) >= 11 is 0. The summed E-state index contributed by atoms with van der Waals surface area (Å²) < 4.78 is 11.0. The van der Waals surface area contributed by atoms with Gasteiger partial charge in [-0.2, -0.15) is 0 Å². The lowest BCUT2D eigenvalue weighted by atomic mass is 9.85. The van der Waals surface area contributed by atoms with Crippen molar-refractivity contribution in [3.8, 4) is 0 Å². The van der Waals surface area contributed by atoms with Crippen LogP contribution in [0.2, 0.25) is 0 Å². The molecular formula is C27H29N5O4. The monoisotopic (exact) mass is 487 g/mol. The van der Waals surface area contributed by atoms with Gasteiger partial charge >= 0.3 is 0 Å². The fourth-order valence-corrected chi connectivity index (χ4v) is 6.41. The number of carbonyl (C=O) groups excluding carboxylic acids is 2. The Labute approximate surface area is 209 Å². The highest BCUT2D eigenvalue weighted by molar-refractivity contribution is 6.07. The van der Waals surface area contributed by atoms with Crippen molar-refractivity contribution in [2.75, 3.05) is 13.3 Å². The summed E-state index contributed by atoms with van der Waals surface area (Å²) in [6, 6.07) is 16.8. The van der Waals surface area contributed by atoms with Gasteiger partial charge in [-0.15, -0.1) is 0 Å². The van der Waals surface area contributed by atoms with Crippen LogP contribution in [0.25, 0.3) is 0 Å². The predicted molar refractivity (Wildman–Crippen MR) is 132 cm³/mol. The molecule has 186 valence electrons. The second kappa shape index (κ2) is 8.98. The van der Waals surface area contributed by atoms with Crippen molar-refractivity contribution in [2.24, 2.45) is 28.3 Å². The Bertz CT molecular complexity index is 1220. The quantitative estimate of drug-likeness (QED) is 0.364. The first-order valence-electron chi connectivity index (χ1n) is 12.3. The average Bonchev–Trinajstić information content (AvgIpc) is 3.64. The maximum atomic E-state index is 14.1. The van der Waals surface area contributed by atoms with Crippen molar-refractivity contribution in [1.29, 1.82) is 0 Å². The molecule has 5 unspecified atom stereocenters. The molecule has 0 aliphatic carbocycles. The minimum absolute atomic E-state index is 0.00706. The molecular weight excluding hydrogens is 458 g/mol. The molecule has 4 heterocycles. The number of ether oxygens (including phenoxy) is 2. The van der Waals surface area contributed by atoms with Gasteiger partial charge in [0.25, 0.3) is 0 Å². The fourth-order valence-electron chi connectivity index (χ4n) is 6.41. The molecule has 36 heavy (non-hydrogen) atoms. The van der Waals surface area contributed by atoms with Crippen molar-refractivity contribution >= 4 is 23.5 Å². The Kier molecular flexibility index (Phi) is 5.64. The molecule has 4 aliphatic heterocycles. The van der Waals surface area contributed by atoms with Crippen molar-refractivity contribution < 1.29 is 19.1 Å². The Morgan fingerprint density at radius 3 is 2.47 bits per heavy atom. The summed E-state index contributed by atoms with van der Waals surface area (Å²) in [5.41, 5.74) is 13.7. The maximum absolute atomic E-state index is 14.1. The number of imide groups is 1. The van der Waals surface area contributed by atoms with E-state index in [1.165, 1.54) is 11.2 Å². The highest BCUT2D eigenvalue weighted by Gasteiger charge is 2.64. The van der Waals surface area contributed by atoms with E-state index in [-0.39, 0.29) is 42.6 Å². The van der Waals surface area contributed by atoms with Crippen molar-refractivity contribution in [1.82, 2.24) is 9.80 Å². The molecule has 3 fully saturated rings. The SMILES string of the molecule is NC(N)=Nc1ccc(C2C3C(=O)N(C(Cc4ccccc4)C4=COCO4)C(=O)C3C3CCCN32)cc1. The van der Waals surface area contributed by atoms with Gasteiger partial charge in [-0.05, 0) is 42.6 Å². The van der Waals surface area contributed by atoms with Crippen LogP contribution in [0.15, 0.2) is 71.6 Å². The molecule has 6 rings (SSSR count). The topological polar surface area (TPSA) is 123 Å². The molecule has 0 aromatic heterocycles. The zero-order valence-electron chi connectivity index (χ0n) is 19.8. The summed E-state index contributed by atoms with van der Waals surface area (Å²) in [4.78, 5) is 36.0. The van der Waals surface area contributed by atoms with Gasteiger partial charge in [-0.3, -0.25) is 19.4 Å². The Morgan fingerprint density at radius 2 is 1.78 bits per heavy atom. The van der Waals surface area contributed by atoms with Gasteiger partial charge in [-0.25, -0.2) is 4.99 Å². The zero-order valence-corrected chi connectivity index (χ0v) is 19.8. The maximum Gasteiger partial charge on any atom is 0.235 e. The number of nitrogens with zero attached hydrogens (tertiary/aromatic N) is 3. The van der Waals surface area contributed by atoms with E-state index in [0.717, 1.165) is 30.5 Å². The van der Waals surface area contributed by atoms with Gasteiger partial charge < -0.3 is 20.9 Å². The Hall–Kier alpha value is -3.85. The number of aliphatic imine (C=N–C) groups is 1. The second-order valence-corrected chi connectivity index (χ2v) is 9.77. The third-order valence-corrected chi connectivity index (χ3v) is 7.78. The van der Waals surface area contributed by atoms with E-state index >= 15 is 0 Å². The molecule has 2 amide bonds. The van der Waals surface area contributed by atoms with Crippen LogP contribution in [0.5, 0.6) is 0 Å². The molecule has 0 bridgehead atoms. The zero-order chi connectivity index (χ0) is 24.8. The summed E-state index contributed by atoms with van der Waals surface area (Å²) in [6.07, 6.45) is 3.92. The number of hydrogen-bond donors (Lipinski definition) is 2. The number of nitrogens with two attached hydrogens (primary N) is 2. The van der Waals surface area contributed by atoms with Gasteiger partial charge in [0.15, 0.2) is 11.7 Å². The summed E-state index contributed by atoms with van der Waals surface area (Å²) in [6.45, 7) is 0.957. The van der Waals surface area contributed by atoms with Crippen molar-refractivity contribution in [3.05, 3.63) is 77.7 Å². The van der Waals surface area contributed by atoms with Crippen LogP contribution in [0, 0.1) is 11.8 Å². The molecule has 9 heteroatoms. The highest BCUT2D eigenvalue weighted by atomic mass is 16.7. The van der Waals surface area contributed by atoms with Crippen LogP contribution >= 0.6 is 0 Å². The number of amides is 2. The average molecular weight is 488 g/mol. The van der Waals surface area contributed by atoms with E-state index in [2.05, 4.69) is 9.89 Å². The third-order valence-electron chi connectivity index (χ3n) is 7.78. The van der Waals surface area contributed by atoms with Gasteiger partial charge in [0, 0.05) is 18.5 Å². The lowest BCUT2D eigenvalue weighted by Crippen LogP contribution is -2.46. The lowest BCUT2D eigenvalue weighted by molar-refractivity contribution is -0.144. The summed E-state index contributed by atoms with van der Waals surface area (Å²) in [5.74, 6) is -0.565. The van der Waals surface area contributed by atoms with Crippen LogP contribution < -0.4 is 11.5 Å².